The van der Waals surface area contributed by atoms with Crippen LogP contribution in [0.2, 0.25) is 0 Å². The lowest BCUT2D eigenvalue weighted by molar-refractivity contribution is -0.151. The lowest BCUT2D eigenvalue weighted by Gasteiger charge is -2.13. The molecule has 2 heterocycles. The first kappa shape index (κ1) is 19.7. The lowest BCUT2D eigenvalue weighted by atomic mass is 10.2. The minimum Gasteiger partial charge on any atom is -0.454 e. The van der Waals surface area contributed by atoms with Gasteiger partial charge in [-0.2, -0.15) is 0 Å². The number of rotatable bonds is 5. The number of aliphatic imine (C=N–C) groups is 1. The van der Waals surface area contributed by atoms with Crippen molar-refractivity contribution in [2.45, 2.75) is 17.9 Å². The van der Waals surface area contributed by atoms with Crippen LogP contribution in [0.4, 0.5) is 5.69 Å². The summed E-state index contributed by atoms with van der Waals surface area (Å²) in [6, 6.07) is 11.2. The normalized spacial score (nSPS) is 17.7. The molecular weight excluding hydrogens is 414 g/mol. The number of nitrogens with one attached hydrogen (secondary N) is 2. The summed E-state index contributed by atoms with van der Waals surface area (Å²) in [5, 5.41) is 2.62. The zero-order valence-electron chi connectivity index (χ0n) is 15.7. The first-order chi connectivity index (χ1) is 14.3. The van der Waals surface area contributed by atoms with Gasteiger partial charge in [0, 0.05) is 17.3 Å². The quantitative estimate of drug-likeness (QED) is 0.676. The summed E-state index contributed by atoms with van der Waals surface area (Å²) in [7, 11) is -3.69. The largest absolute Gasteiger partial charge is 0.454 e. The zero-order valence-corrected chi connectivity index (χ0v) is 16.6. The van der Waals surface area contributed by atoms with Gasteiger partial charge < -0.3 is 19.5 Å². The van der Waals surface area contributed by atoms with E-state index in [0.717, 1.165) is 0 Å². The van der Waals surface area contributed by atoms with E-state index in [1.54, 1.807) is 36.4 Å². The molecule has 0 aliphatic carbocycles. The second-order valence-corrected chi connectivity index (χ2v) is 8.11. The number of nitrogens with zero attached hydrogens (tertiary/aromatic N) is 1. The summed E-state index contributed by atoms with van der Waals surface area (Å²) >= 11 is 0. The van der Waals surface area contributed by atoms with E-state index in [-0.39, 0.29) is 17.5 Å². The third-order valence-electron chi connectivity index (χ3n) is 4.35. The van der Waals surface area contributed by atoms with E-state index >= 15 is 0 Å². The van der Waals surface area contributed by atoms with Crippen molar-refractivity contribution >= 4 is 33.4 Å². The second kappa shape index (κ2) is 7.67. The lowest BCUT2D eigenvalue weighted by Crippen LogP contribution is -2.31. The fraction of sp³-hybridized carbons (Fsp3) is 0.211. The Labute approximate surface area is 171 Å². The van der Waals surface area contributed by atoms with Gasteiger partial charge in [0.25, 0.3) is 15.9 Å². The molecule has 0 fully saturated rings. The number of amides is 1. The van der Waals surface area contributed by atoms with Crippen LogP contribution in [0.25, 0.3) is 0 Å². The van der Waals surface area contributed by atoms with Crippen LogP contribution in [-0.2, 0) is 24.3 Å². The Morgan fingerprint density at radius 1 is 1.20 bits per heavy atom. The predicted molar refractivity (Wildman–Crippen MR) is 105 cm³/mol. The number of carbonyl (C=O) groups excluding carboxylic acids is 2. The Kier molecular flexibility index (Phi) is 5.04. The SMILES string of the molecule is CC(OC(=O)CN=C1NS(=O)(=O)c2ccccc21)C(=O)Nc1ccc2c(c1)OCO2. The summed E-state index contributed by atoms with van der Waals surface area (Å²) in [4.78, 5) is 28.4. The molecule has 30 heavy (non-hydrogen) atoms. The maximum Gasteiger partial charge on any atom is 0.328 e. The van der Waals surface area contributed by atoms with E-state index in [4.69, 9.17) is 14.2 Å². The Morgan fingerprint density at radius 2 is 1.97 bits per heavy atom. The van der Waals surface area contributed by atoms with Gasteiger partial charge in [-0.15, -0.1) is 0 Å². The molecule has 2 N–H and O–H groups in total. The maximum absolute atomic E-state index is 12.3. The molecule has 0 spiro atoms. The van der Waals surface area contributed by atoms with E-state index in [1.165, 1.54) is 13.0 Å². The van der Waals surface area contributed by atoms with Gasteiger partial charge in [0.15, 0.2) is 17.6 Å². The van der Waals surface area contributed by atoms with Crippen molar-refractivity contribution in [2.24, 2.45) is 4.99 Å². The van der Waals surface area contributed by atoms with E-state index in [0.29, 0.717) is 22.7 Å². The number of benzene rings is 2. The van der Waals surface area contributed by atoms with Gasteiger partial charge in [0.1, 0.15) is 12.4 Å². The van der Waals surface area contributed by atoms with Gasteiger partial charge in [0.2, 0.25) is 6.79 Å². The van der Waals surface area contributed by atoms with Crippen LogP contribution in [0.15, 0.2) is 52.4 Å². The van der Waals surface area contributed by atoms with Crippen LogP contribution in [0.5, 0.6) is 11.5 Å². The molecule has 11 heteroatoms. The molecule has 4 rings (SSSR count). The molecule has 2 aromatic carbocycles. The number of carbonyl (C=O) groups is 2. The van der Waals surface area contributed by atoms with Gasteiger partial charge >= 0.3 is 5.97 Å². The van der Waals surface area contributed by atoms with Crippen molar-refractivity contribution in [3.63, 3.8) is 0 Å². The fourth-order valence-electron chi connectivity index (χ4n) is 2.90. The summed E-state index contributed by atoms with van der Waals surface area (Å²) in [5.74, 6) is -0.176. The second-order valence-electron chi connectivity index (χ2n) is 6.46. The molecule has 2 aliphatic rings. The van der Waals surface area contributed by atoms with E-state index < -0.39 is 34.5 Å². The third kappa shape index (κ3) is 3.92. The number of anilines is 1. The highest BCUT2D eigenvalue weighted by Gasteiger charge is 2.30. The maximum atomic E-state index is 12.3. The van der Waals surface area contributed by atoms with Crippen LogP contribution in [0.3, 0.4) is 0 Å². The monoisotopic (exact) mass is 431 g/mol. The molecule has 10 nitrogen and oxygen atoms in total. The van der Waals surface area contributed by atoms with Gasteiger partial charge in [-0.1, -0.05) is 12.1 Å². The molecule has 0 bridgehead atoms. The Hall–Kier alpha value is -3.60. The first-order valence-electron chi connectivity index (χ1n) is 8.90. The molecule has 1 amide bonds. The van der Waals surface area contributed by atoms with Crippen LogP contribution in [0, 0.1) is 0 Å². The highest BCUT2D eigenvalue weighted by Crippen LogP contribution is 2.34. The summed E-state index contributed by atoms with van der Waals surface area (Å²) in [6.45, 7) is 1.08. The van der Waals surface area contributed by atoms with E-state index in [9.17, 15) is 18.0 Å². The van der Waals surface area contributed by atoms with Gasteiger partial charge in [-0.3, -0.25) is 19.3 Å². The molecular formula is C19H17N3O7S. The number of hydrogen-bond donors (Lipinski definition) is 2. The van der Waals surface area contributed by atoms with Crippen molar-refractivity contribution in [2.75, 3.05) is 18.7 Å². The summed E-state index contributed by atoms with van der Waals surface area (Å²) in [5.41, 5.74) is 0.836. The van der Waals surface area contributed by atoms with E-state index in [2.05, 4.69) is 15.0 Å². The predicted octanol–water partition coefficient (Wildman–Crippen LogP) is 1.02. The Morgan fingerprint density at radius 3 is 2.80 bits per heavy atom. The van der Waals surface area contributed by atoms with Gasteiger partial charge in [-0.25, -0.2) is 8.42 Å². The molecule has 2 aliphatic heterocycles. The highest BCUT2D eigenvalue weighted by molar-refractivity contribution is 7.90. The van der Waals surface area contributed by atoms with Crippen LogP contribution in [-0.4, -0.2) is 45.6 Å². The molecule has 1 unspecified atom stereocenters. The molecule has 1 atom stereocenters. The summed E-state index contributed by atoms with van der Waals surface area (Å²) in [6.07, 6.45) is -1.09. The third-order valence-corrected chi connectivity index (χ3v) is 5.74. The molecule has 0 aromatic heterocycles. The number of hydrogen-bond acceptors (Lipinski definition) is 8. The zero-order chi connectivity index (χ0) is 21.3. The fourth-order valence-corrected chi connectivity index (χ4v) is 4.15. The molecule has 0 saturated heterocycles. The van der Waals surface area contributed by atoms with Crippen molar-refractivity contribution in [3.05, 3.63) is 48.0 Å². The molecule has 0 radical (unpaired) electrons. The number of fused-ring (bicyclic) bond motifs is 2. The standard InChI is InChI=1S/C19H17N3O7S/c1-11(19(24)21-12-6-7-14-15(8-12)28-10-27-14)29-17(23)9-20-18-13-4-2-3-5-16(13)30(25,26)22-18/h2-8,11H,9-10H2,1H3,(H,20,22)(H,21,24). The average molecular weight is 431 g/mol. The van der Waals surface area contributed by atoms with Crippen LogP contribution in [0.1, 0.15) is 12.5 Å². The van der Waals surface area contributed by atoms with Crippen molar-refractivity contribution in [3.8, 4) is 11.5 Å². The molecule has 156 valence electrons. The molecule has 0 saturated carbocycles. The minimum absolute atomic E-state index is 0.0556. The summed E-state index contributed by atoms with van der Waals surface area (Å²) < 4.78 is 41.9. The van der Waals surface area contributed by atoms with Crippen molar-refractivity contribution in [1.29, 1.82) is 0 Å². The topological polar surface area (TPSA) is 132 Å². The Balaban J connectivity index is 1.35. The number of esters is 1. The van der Waals surface area contributed by atoms with Gasteiger partial charge in [0.05, 0.1) is 4.90 Å². The van der Waals surface area contributed by atoms with E-state index in [1.807, 2.05) is 0 Å². The smallest absolute Gasteiger partial charge is 0.328 e. The first-order valence-corrected chi connectivity index (χ1v) is 10.4. The average Bonchev–Trinajstić information content (AvgIpc) is 3.28. The number of sulfonamides is 1. The van der Waals surface area contributed by atoms with Crippen molar-refractivity contribution in [1.82, 2.24) is 4.72 Å². The molecule has 2 aromatic rings. The van der Waals surface area contributed by atoms with Crippen molar-refractivity contribution < 1.29 is 32.2 Å². The number of amidine groups is 1. The highest BCUT2D eigenvalue weighted by atomic mass is 32.2. The number of ether oxygens (including phenoxy) is 3. The minimum atomic E-state index is -3.69. The van der Waals surface area contributed by atoms with Gasteiger partial charge in [-0.05, 0) is 31.2 Å². The van der Waals surface area contributed by atoms with Crippen LogP contribution >= 0.6 is 0 Å². The van der Waals surface area contributed by atoms with Crippen LogP contribution < -0.4 is 19.5 Å². The Bertz CT molecular complexity index is 1160.